The van der Waals surface area contributed by atoms with Crippen molar-refractivity contribution < 1.29 is 32.2 Å². The van der Waals surface area contributed by atoms with Crippen molar-refractivity contribution in [3.63, 3.8) is 0 Å². The highest BCUT2D eigenvalue weighted by Gasteiger charge is 2.31. The topological polar surface area (TPSA) is 74.5 Å². The molecular formula is C21H16ClF3N2O4. The molecule has 0 radical (unpaired) electrons. The van der Waals surface area contributed by atoms with Gasteiger partial charge in [0.05, 0.1) is 5.56 Å². The van der Waals surface area contributed by atoms with E-state index in [1.54, 1.807) is 19.9 Å². The minimum absolute atomic E-state index is 0.118. The van der Waals surface area contributed by atoms with Crippen molar-refractivity contribution >= 4 is 23.2 Å². The zero-order valence-electron chi connectivity index (χ0n) is 16.3. The Bertz CT molecular complexity index is 1120. The van der Waals surface area contributed by atoms with Crippen LogP contribution in [0, 0.1) is 19.1 Å². The highest BCUT2D eigenvalue weighted by molar-refractivity contribution is 6.33. The molecule has 1 amide bonds. The number of alkyl halides is 3. The van der Waals surface area contributed by atoms with Gasteiger partial charge < -0.3 is 20.0 Å². The van der Waals surface area contributed by atoms with E-state index in [1.807, 2.05) is 0 Å². The van der Waals surface area contributed by atoms with Gasteiger partial charge in [-0.25, -0.2) is 0 Å². The molecule has 162 valence electrons. The Kier molecular flexibility index (Phi) is 6.26. The van der Waals surface area contributed by atoms with E-state index < -0.39 is 18.0 Å². The first-order valence-electron chi connectivity index (χ1n) is 8.87. The fourth-order valence-electron chi connectivity index (χ4n) is 2.84. The smallest absolute Gasteiger partial charge is 0.573 e. The summed E-state index contributed by atoms with van der Waals surface area (Å²) in [5.74, 6) is -0.650. The number of carbonyl (C=O) groups is 1. The first kappa shape index (κ1) is 22.2. The molecule has 0 saturated heterocycles. The highest BCUT2D eigenvalue weighted by Crippen LogP contribution is 2.35. The number of rotatable bonds is 5. The number of anilines is 1. The van der Waals surface area contributed by atoms with E-state index in [9.17, 15) is 23.2 Å². The van der Waals surface area contributed by atoms with Gasteiger partial charge in [-0.05, 0) is 61.4 Å². The molecule has 1 aromatic heterocycles. The lowest BCUT2D eigenvalue weighted by Gasteiger charge is -2.17. The van der Waals surface area contributed by atoms with Gasteiger partial charge in [-0.1, -0.05) is 11.6 Å². The molecule has 10 heteroatoms. The molecule has 0 unspecified atom stereocenters. The lowest BCUT2D eigenvalue weighted by atomic mass is 10.0. The Hall–Kier alpha value is -3.46. The summed E-state index contributed by atoms with van der Waals surface area (Å²) in [6.45, 7) is 3.36. The average molecular weight is 453 g/mol. The van der Waals surface area contributed by atoms with Gasteiger partial charge in [0.15, 0.2) is 6.20 Å². The third-order valence-electron chi connectivity index (χ3n) is 4.19. The predicted octanol–water partition coefficient (Wildman–Crippen LogP) is 5.53. The molecule has 1 N–H and O–H groups in total. The molecule has 0 aliphatic rings. The summed E-state index contributed by atoms with van der Waals surface area (Å²) in [5.41, 5.74) is 1.46. The first-order valence-corrected chi connectivity index (χ1v) is 9.25. The monoisotopic (exact) mass is 452 g/mol. The predicted molar refractivity (Wildman–Crippen MR) is 107 cm³/mol. The molecular weight excluding hydrogens is 437 g/mol. The van der Waals surface area contributed by atoms with Crippen LogP contribution in [-0.4, -0.2) is 12.3 Å². The second kappa shape index (κ2) is 8.73. The van der Waals surface area contributed by atoms with Crippen LogP contribution in [0.5, 0.6) is 17.2 Å². The number of nitrogens with one attached hydrogen (secondary N) is 1. The molecule has 3 rings (SSSR count). The molecule has 3 aromatic rings. The third-order valence-corrected chi connectivity index (χ3v) is 4.77. The van der Waals surface area contributed by atoms with Gasteiger partial charge in [0.2, 0.25) is 6.20 Å². The lowest BCUT2D eigenvalue weighted by Crippen LogP contribution is -2.25. The van der Waals surface area contributed by atoms with E-state index in [2.05, 4.69) is 10.1 Å². The third kappa shape index (κ3) is 5.58. The molecule has 0 bridgehead atoms. The molecule has 0 atom stereocenters. The van der Waals surface area contributed by atoms with Crippen molar-refractivity contribution in [2.75, 3.05) is 5.32 Å². The van der Waals surface area contributed by atoms with Crippen LogP contribution in [0.1, 0.15) is 21.5 Å². The maximum absolute atomic E-state index is 12.9. The fourth-order valence-corrected chi connectivity index (χ4v) is 2.99. The van der Waals surface area contributed by atoms with Crippen molar-refractivity contribution in [1.29, 1.82) is 0 Å². The van der Waals surface area contributed by atoms with Crippen molar-refractivity contribution in [3.05, 3.63) is 81.8 Å². The number of halogens is 4. The summed E-state index contributed by atoms with van der Waals surface area (Å²) in [6.07, 6.45) is -2.36. The SMILES string of the molecule is Cc1cc(Oc2ccc(OC(F)(F)F)cc2)c(C(=O)Nc2ccc[n+]([O-])c2)c(C)c1Cl. The Morgan fingerprint density at radius 3 is 2.39 bits per heavy atom. The molecule has 0 saturated carbocycles. The summed E-state index contributed by atoms with van der Waals surface area (Å²) in [6, 6.07) is 9.30. The van der Waals surface area contributed by atoms with Gasteiger partial charge in [-0.15, -0.1) is 13.2 Å². The van der Waals surface area contributed by atoms with Gasteiger partial charge in [0, 0.05) is 11.1 Å². The van der Waals surface area contributed by atoms with E-state index in [0.717, 1.165) is 12.1 Å². The molecule has 2 aromatic carbocycles. The number of amides is 1. The number of aryl methyl sites for hydroxylation is 1. The number of benzene rings is 2. The van der Waals surface area contributed by atoms with Crippen LogP contribution in [0.2, 0.25) is 5.02 Å². The number of nitrogens with zero attached hydrogens (tertiary/aromatic N) is 1. The largest absolute Gasteiger partial charge is 0.619 e. The minimum Gasteiger partial charge on any atom is -0.619 e. The van der Waals surface area contributed by atoms with Crippen molar-refractivity contribution in [2.24, 2.45) is 0 Å². The molecule has 0 spiro atoms. The van der Waals surface area contributed by atoms with Crippen LogP contribution in [0.15, 0.2) is 54.9 Å². The fraction of sp³-hybridized carbons (Fsp3) is 0.143. The summed E-state index contributed by atoms with van der Waals surface area (Å²) >= 11 is 6.30. The van der Waals surface area contributed by atoms with E-state index >= 15 is 0 Å². The summed E-state index contributed by atoms with van der Waals surface area (Å²) in [4.78, 5) is 12.9. The average Bonchev–Trinajstić information content (AvgIpc) is 2.66. The summed E-state index contributed by atoms with van der Waals surface area (Å²) < 4.78 is 47.1. The van der Waals surface area contributed by atoms with E-state index in [0.29, 0.717) is 20.9 Å². The highest BCUT2D eigenvalue weighted by atomic mass is 35.5. The summed E-state index contributed by atoms with van der Waals surface area (Å²) in [5, 5.41) is 14.4. The maximum atomic E-state index is 12.9. The minimum atomic E-state index is -4.81. The maximum Gasteiger partial charge on any atom is 0.573 e. The van der Waals surface area contributed by atoms with Crippen molar-refractivity contribution in [1.82, 2.24) is 0 Å². The Morgan fingerprint density at radius 1 is 1.13 bits per heavy atom. The van der Waals surface area contributed by atoms with Gasteiger partial charge in [-0.3, -0.25) is 4.79 Å². The normalized spacial score (nSPS) is 11.2. The number of carbonyl (C=O) groups excluding carboxylic acids is 1. The second-order valence-corrected chi connectivity index (χ2v) is 6.91. The van der Waals surface area contributed by atoms with Crippen LogP contribution in [0.25, 0.3) is 0 Å². The number of aromatic nitrogens is 1. The van der Waals surface area contributed by atoms with Crippen molar-refractivity contribution in [2.45, 2.75) is 20.2 Å². The zero-order valence-corrected chi connectivity index (χ0v) is 17.0. The number of hydrogen-bond donors (Lipinski definition) is 1. The standard InChI is InChI=1S/C21H16ClF3N2O4/c1-12-10-17(30-15-5-7-16(8-6-15)31-21(23,24)25)18(13(2)19(12)22)20(28)26-14-4-3-9-27(29)11-14/h3-11H,1-2H3,(H,26,28). The van der Waals surface area contributed by atoms with Crippen LogP contribution < -0.4 is 19.5 Å². The van der Waals surface area contributed by atoms with Crippen LogP contribution >= 0.6 is 11.6 Å². The number of ether oxygens (including phenoxy) is 2. The van der Waals surface area contributed by atoms with Crippen LogP contribution in [-0.2, 0) is 0 Å². The summed E-state index contributed by atoms with van der Waals surface area (Å²) in [7, 11) is 0. The number of pyridine rings is 1. The van der Waals surface area contributed by atoms with Crippen molar-refractivity contribution in [3.8, 4) is 17.2 Å². The molecule has 6 nitrogen and oxygen atoms in total. The Balaban J connectivity index is 1.92. The van der Waals surface area contributed by atoms with Crippen LogP contribution in [0.3, 0.4) is 0 Å². The van der Waals surface area contributed by atoms with Gasteiger partial charge >= 0.3 is 6.36 Å². The molecule has 0 aliphatic heterocycles. The first-order chi connectivity index (χ1) is 14.5. The van der Waals surface area contributed by atoms with E-state index in [1.165, 1.54) is 36.7 Å². The van der Waals surface area contributed by atoms with E-state index in [-0.39, 0.29) is 22.7 Å². The Morgan fingerprint density at radius 2 is 1.77 bits per heavy atom. The van der Waals surface area contributed by atoms with Gasteiger partial charge in [-0.2, -0.15) is 4.73 Å². The molecule has 1 heterocycles. The lowest BCUT2D eigenvalue weighted by molar-refractivity contribution is -0.604. The van der Waals surface area contributed by atoms with Gasteiger partial charge in [0.25, 0.3) is 5.91 Å². The zero-order chi connectivity index (χ0) is 22.8. The van der Waals surface area contributed by atoms with Gasteiger partial charge in [0.1, 0.15) is 22.9 Å². The Labute approximate surface area is 180 Å². The second-order valence-electron chi connectivity index (χ2n) is 6.53. The van der Waals surface area contributed by atoms with Crippen LogP contribution in [0.4, 0.5) is 18.9 Å². The molecule has 31 heavy (non-hydrogen) atoms. The molecule has 0 fully saturated rings. The molecule has 0 aliphatic carbocycles. The van der Waals surface area contributed by atoms with E-state index in [4.69, 9.17) is 16.3 Å². The quantitative estimate of drug-likeness (QED) is 0.408. The number of hydrogen-bond acceptors (Lipinski definition) is 4.